The minimum atomic E-state index is -1.01. The number of aliphatic hydroxyl groups excluding tert-OH is 1. The lowest BCUT2D eigenvalue weighted by Crippen LogP contribution is -2.33. The summed E-state index contributed by atoms with van der Waals surface area (Å²) in [4.78, 5) is 3.04. The number of aryl methyl sites for hydroxylation is 2. The molecule has 0 bridgehead atoms. The fourth-order valence-electron chi connectivity index (χ4n) is 5.05. The highest BCUT2D eigenvalue weighted by Gasteiger charge is 2.25. The average Bonchev–Trinajstić information content (AvgIpc) is 3.22. The van der Waals surface area contributed by atoms with Gasteiger partial charge in [-0.15, -0.1) is 11.3 Å². The van der Waals surface area contributed by atoms with Crippen molar-refractivity contribution in [2.75, 3.05) is 26.2 Å². The molecule has 4 aromatic rings. The summed E-state index contributed by atoms with van der Waals surface area (Å²) < 4.78 is 27.0. The van der Waals surface area contributed by atoms with Gasteiger partial charge in [0.25, 0.3) is 0 Å². The number of piperidine rings is 1. The molecule has 1 aliphatic rings. The van der Waals surface area contributed by atoms with E-state index in [0.717, 1.165) is 35.5 Å². The number of benzene rings is 3. The smallest absolute Gasteiger partial charge is 0.152 e. The molecule has 3 aromatic carbocycles. The Kier molecular flexibility index (Phi) is 7.65. The predicted molar refractivity (Wildman–Crippen MR) is 146 cm³/mol. The molecule has 1 fully saturated rings. The highest BCUT2D eigenvalue weighted by molar-refractivity contribution is 7.19. The van der Waals surface area contributed by atoms with Crippen LogP contribution in [-0.2, 0) is 0 Å². The number of hydrogen-bond acceptors (Lipinski definition) is 6. The molecule has 0 saturated carbocycles. The summed E-state index contributed by atoms with van der Waals surface area (Å²) in [5.41, 5.74) is 1.99. The number of fused-ring (bicyclic) bond motifs is 1. The molecular formula is C30H32FNO4S. The molecule has 1 unspecified atom stereocenters. The Labute approximate surface area is 220 Å². The van der Waals surface area contributed by atoms with Crippen LogP contribution in [0.15, 0.2) is 54.6 Å². The lowest BCUT2D eigenvalue weighted by molar-refractivity contribution is 0.183. The van der Waals surface area contributed by atoms with E-state index in [1.807, 2.05) is 24.3 Å². The Morgan fingerprint density at radius 1 is 0.946 bits per heavy atom. The van der Waals surface area contributed by atoms with Gasteiger partial charge in [-0.2, -0.15) is 0 Å². The molecule has 194 valence electrons. The first-order valence-corrected chi connectivity index (χ1v) is 13.5. The van der Waals surface area contributed by atoms with Crippen LogP contribution in [0.5, 0.6) is 23.0 Å². The Bertz CT molecular complexity index is 1360. The quantitative estimate of drug-likeness (QED) is 0.259. The number of hydrogen-bond donors (Lipinski definition) is 2. The summed E-state index contributed by atoms with van der Waals surface area (Å²) in [6.07, 6.45) is 2.84. The lowest BCUT2D eigenvalue weighted by atomic mass is 9.96. The fourth-order valence-corrected chi connectivity index (χ4v) is 6.21. The van der Waals surface area contributed by atoms with Crippen molar-refractivity contribution >= 4 is 21.4 Å². The van der Waals surface area contributed by atoms with Crippen molar-refractivity contribution in [3.63, 3.8) is 0 Å². The molecule has 2 N–H and O–H groups in total. The van der Waals surface area contributed by atoms with E-state index in [9.17, 15) is 14.6 Å². The second-order valence-electron chi connectivity index (χ2n) is 9.66. The number of thiophene rings is 1. The monoisotopic (exact) mass is 521 g/mol. The van der Waals surface area contributed by atoms with Crippen LogP contribution < -0.4 is 9.47 Å². The van der Waals surface area contributed by atoms with Crippen LogP contribution in [0, 0.1) is 19.7 Å². The number of ether oxygens (including phenoxy) is 2. The molecule has 7 heteroatoms. The summed E-state index contributed by atoms with van der Waals surface area (Å²) in [7, 11) is 0. The molecule has 1 aliphatic heterocycles. The molecule has 1 atom stereocenters. The topological polar surface area (TPSA) is 62.2 Å². The van der Waals surface area contributed by atoms with Crippen LogP contribution >= 0.6 is 11.3 Å². The number of phenols is 1. The van der Waals surface area contributed by atoms with Crippen LogP contribution in [0.25, 0.3) is 10.1 Å². The zero-order chi connectivity index (χ0) is 25.9. The van der Waals surface area contributed by atoms with Crippen LogP contribution in [0.2, 0.25) is 0 Å². The number of likely N-dealkylation sites (tertiary alicyclic amines) is 1. The summed E-state index contributed by atoms with van der Waals surface area (Å²) in [5.74, 6) is 1.72. The molecule has 5 nitrogen and oxygen atoms in total. The second-order valence-corrected chi connectivity index (χ2v) is 10.7. The van der Waals surface area contributed by atoms with Gasteiger partial charge in [-0.3, -0.25) is 4.90 Å². The molecular weight excluding hydrogens is 489 g/mol. The van der Waals surface area contributed by atoms with E-state index < -0.39 is 6.10 Å². The van der Waals surface area contributed by atoms with E-state index in [2.05, 4.69) is 4.90 Å². The Balaban J connectivity index is 1.38. The van der Waals surface area contributed by atoms with Gasteiger partial charge in [0.15, 0.2) is 5.75 Å². The van der Waals surface area contributed by atoms with Gasteiger partial charge in [0, 0.05) is 16.6 Å². The van der Waals surface area contributed by atoms with Gasteiger partial charge < -0.3 is 19.7 Å². The van der Waals surface area contributed by atoms with Crippen LogP contribution in [0.4, 0.5) is 4.39 Å². The van der Waals surface area contributed by atoms with Crippen molar-refractivity contribution in [1.29, 1.82) is 0 Å². The number of nitrogens with zero attached hydrogens (tertiary/aromatic N) is 1. The molecule has 5 rings (SSSR count). The van der Waals surface area contributed by atoms with E-state index in [-0.39, 0.29) is 11.6 Å². The first-order chi connectivity index (χ1) is 17.9. The minimum absolute atomic E-state index is 0.140. The van der Waals surface area contributed by atoms with Crippen LogP contribution in [-0.4, -0.2) is 41.4 Å². The Morgan fingerprint density at radius 2 is 1.62 bits per heavy atom. The van der Waals surface area contributed by atoms with E-state index >= 15 is 0 Å². The van der Waals surface area contributed by atoms with Crippen molar-refractivity contribution in [3.8, 4) is 23.0 Å². The van der Waals surface area contributed by atoms with Crippen molar-refractivity contribution < 1.29 is 24.1 Å². The lowest BCUT2D eigenvalue weighted by Gasteiger charge is -2.26. The third-order valence-electron chi connectivity index (χ3n) is 6.90. The van der Waals surface area contributed by atoms with Crippen molar-refractivity contribution in [2.45, 2.75) is 39.2 Å². The summed E-state index contributed by atoms with van der Waals surface area (Å²) in [6.45, 7) is 7.44. The first kappa shape index (κ1) is 25.5. The zero-order valence-corrected chi connectivity index (χ0v) is 22.0. The normalized spacial score (nSPS) is 15.1. The Hall–Kier alpha value is -3.13. The number of aliphatic hydroxyl groups is 1. The molecule has 0 amide bonds. The van der Waals surface area contributed by atoms with Gasteiger partial charge >= 0.3 is 0 Å². The van der Waals surface area contributed by atoms with Gasteiger partial charge in [-0.1, -0.05) is 6.42 Å². The van der Waals surface area contributed by atoms with E-state index in [4.69, 9.17) is 9.47 Å². The number of halogens is 1. The molecule has 0 spiro atoms. The van der Waals surface area contributed by atoms with Crippen LogP contribution in [0.1, 0.15) is 46.9 Å². The number of phenolic OH excluding ortho intramolecular Hbond substituents is 1. The maximum atomic E-state index is 13.9. The molecule has 2 heterocycles. The van der Waals surface area contributed by atoms with Crippen molar-refractivity contribution in [2.24, 2.45) is 0 Å². The largest absolute Gasteiger partial charge is 0.508 e. The van der Waals surface area contributed by atoms with Crippen molar-refractivity contribution in [1.82, 2.24) is 4.90 Å². The van der Waals surface area contributed by atoms with E-state index in [0.29, 0.717) is 39.7 Å². The molecule has 0 radical (unpaired) electrons. The summed E-state index contributed by atoms with van der Waals surface area (Å²) in [5, 5.41) is 22.3. The molecule has 1 saturated heterocycles. The van der Waals surface area contributed by atoms with Gasteiger partial charge in [0.1, 0.15) is 35.8 Å². The number of aromatic hydroxyl groups is 1. The summed E-state index contributed by atoms with van der Waals surface area (Å²) in [6, 6.07) is 15.4. The third-order valence-corrected chi connectivity index (χ3v) is 8.09. The predicted octanol–water partition coefficient (Wildman–Crippen LogP) is 7.10. The SMILES string of the molecule is Cc1cc(F)cc(C)c1C(O)c1sc2cc(O)ccc2c1Oc1ccc(OCCN2CCCCC2)cc1. The number of rotatable bonds is 8. The molecule has 0 aliphatic carbocycles. The van der Waals surface area contributed by atoms with Gasteiger partial charge in [0.05, 0.1) is 4.88 Å². The average molecular weight is 522 g/mol. The standard InChI is InChI=1S/C30H32FNO4S/c1-19-16-21(31)17-20(2)27(19)28(34)30-29(25-11-6-22(33)18-26(25)37-30)36-24-9-7-23(8-10-24)35-15-14-32-12-4-3-5-13-32/h6-11,16-18,28,33-34H,3-5,12-15H2,1-2H3. The van der Waals surface area contributed by atoms with Crippen LogP contribution in [0.3, 0.4) is 0 Å². The fraction of sp³-hybridized carbons (Fsp3) is 0.333. The molecule has 1 aromatic heterocycles. The second kappa shape index (κ2) is 11.1. The highest BCUT2D eigenvalue weighted by atomic mass is 32.1. The zero-order valence-electron chi connectivity index (χ0n) is 21.2. The third kappa shape index (κ3) is 5.74. The first-order valence-electron chi connectivity index (χ1n) is 12.7. The Morgan fingerprint density at radius 3 is 2.32 bits per heavy atom. The molecule has 37 heavy (non-hydrogen) atoms. The maximum Gasteiger partial charge on any atom is 0.152 e. The van der Waals surface area contributed by atoms with E-state index in [1.54, 1.807) is 32.0 Å². The van der Waals surface area contributed by atoms with Gasteiger partial charge in [0.2, 0.25) is 0 Å². The van der Waals surface area contributed by atoms with Gasteiger partial charge in [-0.25, -0.2) is 4.39 Å². The minimum Gasteiger partial charge on any atom is -0.508 e. The van der Waals surface area contributed by atoms with Crippen molar-refractivity contribution in [3.05, 3.63) is 82.0 Å². The van der Waals surface area contributed by atoms with E-state index in [1.165, 1.54) is 42.7 Å². The highest BCUT2D eigenvalue weighted by Crippen LogP contribution is 2.47. The summed E-state index contributed by atoms with van der Waals surface area (Å²) >= 11 is 1.35. The maximum absolute atomic E-state index is 13.9. The van der Waals surface area contributed by atoms with Gasteiger partial charge in [-0.05, 0) is 111 Å².